The average molecular weight is 879 g/mol. The van der Waals surface area contributed by atoms with Gasteiger partial charge in [-0.3, -0.25) is 28.1 Å². The lowest BCUT2D eigenvalue weighted by atomic mass is 9.90. The summed E-state index contributed by atoms with van der Waals surface area (Å²) < 4.78 is 50.6. The molecule has 1 amide bonds. The highest BCUT2D eigenvalue weighted by Gasteiger charge is 2.53. The number of halogens is 2. The number of nitrogens with zero attached hydrogens (tertiary/aromatic N) is 9. The third-order valence-electron chi connectivity index (χ3n) is 14.6. The molecule has 6 aromatic heterocycles. The van der Waals surface area contributed by atoms with Crippen molar-refractivity contribution in [3.63, 3.8) is 0 Å². The number of H-pyrrole nitrogens is 1. The summed E-state index contributed by atoms with van der Waals surface area (Å²) in [6, 6.07) is 12.1. The van der Waals surface area contributed by atoms with Gasteiger partial charge in [0.05, 0.1) is 62.7 Å². The quantitative estimate of drug-likeness (QED) is 0.158. The van der Waals surface area contributed by atoms with Crippen molar-refractivity contribution in [3.05, 3.63) is 145 Å². The van der Waals surface area contributed by atoms with Crippen LogP contribution in [0.1, 0.15) is 126 Å². The number of hydrogen-bond acceptors (Lipinski definition) is 8. The summed E-state index contributed by atoms with van der Waals surface area (Å²) >= 11 is 0. The first kappa shape index (κ1) is 38.6. The largest absolute Gasteiger partial charge is 0.438 e. The number of fused-ring (bicyclic) bond motifs is 3. The molecule has 3 saturated carbocycles. The Morgan fingerprint density at radius 1 is 0.908 bits per heavy atom. The maximum absolute atomic E-state index is 16.4. The van der Waals surface area contributed by atoms with Gasteiger partial charge in [-0.05, 0) is 118 Å². The monoisotopic (exact) mass is 878 g/mol. The van der Waals surface area contributed by atoms with Crippen LogP contribution in [0, 0.1) is 11.6 Å². The minimum Gasteiger partial charge on any atom is -0.381 e. The van der Waals surface area contributed by atoms with Gasteiger partial charge in [0.1, 0.15) is 11.6 Å². The minimum atomic E-state index is -0.737. The van der Waals surface area contributed by atoms with Crippen LogP contribution in [0.5, 0.6) is 0 Å². The van der Waals surface area contributed by atoms with E-state index in [9.17, 15) is 9.59 Å². The lowest BCUT2D eigenvalue weighted by Crippen LogP contribution is -2.40. The second kappa shape index (κ2) is 14.1. The summed E-state index contributed by atoms with van der Waals surface area (Å²) in [5.41, 5.74) is 5.23. The van der Waals surface area contributed by atoms with Crippen molar-refractivity contribution in [2.75, 3.05) is 19.8 Å². The van der Waals surface area contributed by atoms with Crippen LogP contribution in [0.3, 0.4) is 0 Å². The van der Waals surface area contributed by atoms with Gasteiger partial charge in [0.25, 0.3) is 5.91 Å². The number of carbonyl (C=O) groups is 1. The molecule has 13 rings (SSSR count). The van der Waals surface area contributed by atoms with Gasteiger partial charge in [-0.15, -0.1) is 0 Å². The molecule has 330 valence electrons. The number of aromatic nitrogens is 9. The number of benzene rings is 2. The predicted octanol–water partition coefficient (Wildman–Crippen LogP) is 7.32. The molecule has 4 fully saturated rings. The van der Waals surface area contributed by atoms with Crippen LogP contribution in [0.25, 0.3) is 33.6 Å². The van der Waals surface area contributed by atoms with E-state index in [1.807, 2.05) is 27.1 Å². The van der Waals surface area contributed by atoms with Gasteiger partial charge in [0.2, 0.25) is 0 Å². The molecule has 1 N–H and O–H groups in total. The van der Waals surface area contributed by atoms with E-state index in [1.165, 1.54) is 27.6 Å². The molecule has 65 heavy (non-hydrogen) atoms. The van der Waals surface area contributed by atoms with Gasteiger partial charge in [0.15, 0.2) is 11.6 Å². The van der Waals surface area contributed by atoms with E-state index in [0.717, 1.165) is 55.2 Å². The van der Waals surface area contributed by atoms with Crippen molar-refractivity contribution in [2.45, 2.75) is 94.0 Å². The van der Waals surface area contributed by atoms with E-state index in [2.05, 4.69) is 33.6 Å². The van der Waals surface area contributed by atoms with Crippen molar-refractivity contribution in [1.29, 1.82) is 0 Å². The number of carbonyl (C=O) groups excluding carboxylic acids is 1. The molecule has 1 atom stereocenters. The van der Waals surface area contributed by atoms with Crippen LogP contribution in [0.2, 0.25) is 0 Å². The van der Waals surface area contributed by atoms with Gasteiger partial charge in [-0.2, -0.15) is 10.2 Å². The van der Waals surface area contributed by atoms with Crippen molar-refractivity contribution in [1.82, 2.24) is 48.1 Å². The van der Waals surface area contributed by atoms with Gasteiger partial charge in [-0.1, -0.05) is 11.2 Å². The molecule has 2 aliphatic heterocycles. The first-order chi connectivity index (χ1) is 31.7. The SMILES string of the molecule is CC1c2c(nn(-c3ccc(F)c(C4CC4)c3)c2-n2ccn(-c3ccc4c(cnn4C4CC4)c3F)c2=O)CCN1C(=O)c1cn2cc(C3CCOCC3)ccc2c1C1(c2noc(=O)[nH]2)CC1. The fraction of sp³-hybridized carbons (Fsp3) is 0.375. The Labute approximate surface area is 368 Å². The number of nitrogens with one attached hydrogen (secondary N) is 1. The van der Waals surface area contributed by atoms with E-state index in [-0.39, 0.29) is 29.4 Å². The fourth-order valence-corrected chi connectivity index (χ4v) is 10.8. The first-order valence-electron chi connectivity index (χ1n) is 22.6. The van der Waals surface area contributed by atoms with Crippen LogP contribution >= 0.6 is 0 Å². The number of hydrogen-bond donors (Lipinski definition) is 1. The fourth-order valence-electron chi connectivity index (χ4n) is 10.8. The van der Waals surface area contributed by atoms with E-state index < -0.39 is 28.7 Å². The predicted molar refractivity (Wildman–Crippen MR) is 232 cm³/mol. The maximum atomic E-state index is 16.4. The lowest BCUT2D eigenvalue weighted by Gasteiger charge is -2.34. The van der Waals surface area contributed by atoms with Crippen molar-refractivity contribution >= 4 is 22.3 Å². The highest BCUT2D eigenvalue weighted by Crippen LogP contribution is 2.55. The van der Waals surface area contributed by atoms with Crippen molar-refractivity contribution in [2.24, 2.45) is 0 Å². The van der Waals surface area contributed by atoms with Crippen molar-refractivity contribution in [3.8, 4) is 17.2 Å². The number of rotatable bonds is 9. The molecular weight excluding hydrogens is 835 g/mol. The zero-order valence-corrected chi connectivity index (χ0v) is 35.5. The molecule has 15 nitrogen and oxygen atoms in total. The third kappa shape index (κ3) is 5.93. The molecule has 8 heterocycles. The molecule has 0 radical (unpaired) electrons. The molecule has 2 aromatic carbocycles. The lowest BCUT2D eigenvalue weighted by molar-refractivity contribution is 0.0675. The first-order valence-corrected chi connectivity index (χ1v) is 22.6. The topological polar surface area (TPSA) is 155 Å². The van der Waals surface area contributed by atoms with Gasteiger partial charge in [-0.25, -0.2) is 23.1 Å². The number of amides is 1. The molecule has 0 bridgehead atoms. The Morgan fingerprint density at radius 2 is 1.71 bits per heavy atom. The normalized spacial score (nSPS) is 19.7. The second-order valence-corrected chi connectivity index (χ2v) is 18.6. The number of ether oxygens (including phenoxy) is 1. The highest BCUT2D eigenvalue weighted by atomic mass is 19.1. The summed E-state index contributed by atoms with van der Waals surface area (Å²) in [6.45, 7) is 3.64. The Bertz CT molecular complexity index is 3380. The van der Waals surface area contributed by atoms with Gasteiger partial charge in [0, 0.05) is 62.1 Å². The van der Waals surface area contributed by atoms with E-state index in [0.29, 0.717) is 95.6 Å². The van der Waals surface area contributed by atoms with Crippen molar-refractivity contribution < 1.29 is 22.8 Å². The van der Waals surface area contributed by atoms with Gasteiger partial charge < -0.3 is 14.0 Å². The molecular formula is C48H44F2N10O5. The second-order valence-electron chi connectivity index (χ2n) is 18.6. The van der Waals surface area contributed by atoms with Crippen LogP contribution in [-0.4, -0.2) is 73.8 Å². The summed E-state index contributed by atoms with van der Waals surface area (Å²) in [7, 11) is 0. The molecule has 5 aliphatic rings. The van der Waals surface area contributed by atoms with Crippen LogP contribution in [0.4, 0.5) is 8.78 Å². The van der Waals surface area contributed by atoms with E-state index >= 15 is 13.6 Å². The van der Waals surface area contributed by atoms with Crippen LogP contribution in [-0.2, 0) is 16.6 Å². The zero-order valence-electron chi connectivity index (χ0n) is 35.5. The molecule has 8 aromatic rings. The van der Waals surface area contributed by atoms with Crippen LogP contribution < -0.4 is 11.4 Å². The molecule has 1 saturated heterocycles. The Hall–Kier alpha value is -6.88. The standard InChI is InChI=1S/C48H44F2N10O5/c1-26-40-36(12-17-56(26)44(61)34-25-55-24-29(27-13-20-64-21-14-27)4-9-38(55)41(34)48(15-16-48)45-52-46(62)65-54-45)53-60(31-7-8-35(49)32(22-31)28-2-3-28)43(40)58-19-18-57(47(58)63)39-11-10-37-33(42(39)50)23-51-59(37)30-5-6-30/h4,7-11,18-19,22-28,30H,2-3,5-6,12-17,20-21H2,1H3,(H,52,54,62). The average Bonchev–Trinajstić information content (AvgIpc) is 4.29. The molecule has 17 heteroatoms. The molecule has 1 unspecified atom stereocenters. The smallest absolute Gasteiger partial charge is 0.381 e. The summed E-state index contributed by atoms with van der Waals surface area (Å²) in [5.74, 6) is -0.542. The summed E-state index contributed by atoms with van der Waals surface area (Å²) in [5, 5.41) is 14.0. The van der Waals surface area contributed by atoms with Crippen LogP contribution in [0.15, 0.2) is 87.6 Å². The minimum absolute atomic E-state index is 0.0786. The van der Waals surface area contributed by atoms with E-state index in [1.54, 1.807) is 35.1 Å². The Morgan fingerprint density at radius 3 is 2.46 bits per heavy atom. The Balaban J connectivity index is 0.943. The zero-order chi connectivity index (χ0) is 43.9. The summed E-state index contributed by atoms with van der Waals surface area (Å²) in [6.07, 6.45) is 15.9. The summed E-state index contributed by atoms with van der Waals surface area (Å²) in [4.78, 5) is 47.1. The maximum Gasteiger partial charge on any atom is 0.438 e. The highest BCUT2D eigenvalue weighted by molar-refractivity contribution is 5.99. The Kier molecular flexibility index (Phi) is 8.34. The number of aromatic amines is 1. The van der Waals surface area contributed by atoms with E-state index in [4.69, 9.17) is 14.4 Å². The number of imidazole rings is 1. The van der Waals surface area contributed by atoms with Gasteiger partial charge >= 0.3 is 11.4 Å². The molecule has 3 aliphatic carbocycles. The molecule has 0 spiro atoms. The number of pyridine rings is 1. The third-order valence-corrected chi connectivity index (χ3v) is 14.6.